The summed E-state index contributed by atoms with van der Waals surface area (Å²) in [7, 11) is 7.25. The molecule has 0 radical (unpaired) electrons. The number of aromatic nitrogens is 2. The highest BCUT2D eigenvalue weighted by Crippen LogP contribution is 2.46. The number of hydrogen-bond acceptors (Lipinski definition) is 8. The molecule has 2 aromatic heterocycles. The Hall–Kier alpha value is -6.94. The molecule has 0 N–H and O–H groups in total. The third-order valence-corrected chi connectivity index (χ3v) is 13.5. The van der Waals surface area contributed by atoms with Crippen molar-refractivity contribution in [2.45, 2.75) is 52.0 Å². The predicted octanol–water partition coefficient (Wildman–Crippen LogP) is 9.69. The number of rotatable bonds is 2. The molecule has 304 valence electrons. The quantitative estimate of drug-likeness (QED) is 0.160. The number of benzene rings is 6. The van der Waals surface area contributed by atoms with Gasteiger partial charge in [0.05, 0.1) is 53.7 Å². The number of hydrogen-bond donors (Lipinski definition) is 0. The van der Waals surface area contributed by atoms with Crippen LogP contribution in [0.3, 0.4) is 0 Å². The first-order valence-corrected chi connectivity index (χ1v) is 20.8. The molecule has 0 unspecified atom stereocenters. The smallest absolute Gasteiger partial charge is 0.201 e. The summed E-state index contributed by atoms with van der Waals surface area (Å²) in [6.45, 7) is 10.1. The molecule has 0 amide bonds. The minimum Gasteiger partial charge on any atom is -0.496 e. The van der Waals surface area contributed by atoms with Gasteiger partial charge in [0.15, 0.2) is 0 Å². The molecule has 0 saturated heterocycles. The van der Waals surface area contributed by atoms with Crippen molar-refractivity contribution in [3.63, 3.8) is 0 Å². The molecule has 12 rings (SSSR count). The maximum atomic E-state index is 14.6. The number of nitrogens with zero attached hydrogens (tertiary/aromatic N) is 4. The van der Waals surface area contributed by atoms with E-state index in [0.717, 1.165) is 72.8 Å². The zero-order valence-corrected chi connectivity index (χ0v) is 35.4. The average Bonchev–Trinajstić information content (AvgIpc) is 3.24. The second kappa shape index (κ2) is 11.9. The Balaban J connectivity index is 1.01. The first-order valence-electron chi connectivity index (χ1n) is 20.8. The summed E-state index contributed by atoms with van der Waals surface area (Å²) in [4.78, 5) is 34.1. The number of aryl methyl sites for hydroxylation is 2. The molecule has 0 fully saturated rings. The minimum atomic E-state index is -0.474. The molecular weight excluding hydrogens is 765 g/mol. The monoisotopic (exact) mass is 808 g/mol. The summed E-state index contributed by atoms with van der Waals surface area (Å²) < 4.78 is 28.7. The number of methoxy groups -OCH3 is 2. The molecule has 4 aliphatic heterocycles. The molecular formula is C51H44N4O6. The van der Waals surface area contributed by atoms with Crippen LogP contribution in [0.1, 0.15) is 49.9 Å². The summed E-state index contributed by atoms with van der Waals surface area (Å²) in [6, 6.07) is 21.0. The molecule has 0 spiro atoms. The highest BCUT2D eigenvalue weighted by Gasteiger charge is 2.33. The fourth-order valence-electron chi connectivity index (χ4n) is 10.6. The van der Waals surface area contributed by atoms with Gasteiger partial charge in [-0.1, -0.05) is 12.1 Å². The largest absolute Gasteiger partial charge is 0.496 e. The van der Waals surface area contributed by atoms with Crippen LogP contribution in [0.2, 0.25) is 0 Å². The lowest BCUT2D eigenvalue weighted by Crippen LogP contribution is -2.46. The van der Waals surface area contributed by atoms with Gasteiger partial charge >= 0.3 is 0 Å². The Morgan fingerprint density at radius 1 is 0.574 bits per heavy atom. The number of fused-ring (bicyclic) bond motifs is 18. The van der Waals surface area contributed by atoms with Gasteiger partial charge in [-0.2, -0.15) is 0 Å². The van der Waals surface area contributed by atoms with Crippen LogP contribution in [0.15, 0.2) is 82.4 Å². The first-order chi connectivity index (χ1) is 29.2. The highest BCUT2D eigenvalue weighted by molar-refractivity contribution is 6.09. The highest BCUT2D eigenvalue weighted by atomic mass is 16.5. The van der Waals surface area contributed by atoms with Gasteiger partial charge in [-0.05, 0) is 110 Å². The minimum absolute atomic E-state index is 0.0636. The predicted molar refractivity (Wildman–Crippen MR) is 246 cm³/mol. The Morgan fingerprint density at radius 2 is 1.00 bits per heavy atom. The Labute approximate surface area is 351 Å². The van der Waals surface area contributed by atoms with E-state index in [1.807, 2.05) is 66.1 Å². The second-order valence-electron chi connectivity index (χ2n) is 18.1. The molecule has 8 aromatic rings. The maximum absolute atomic E-state index is 14.6. The van der Waals surface area contributed by atoms with Crippen molar-refractivity contribution in [2.75, 3.05) is 30.7 Å². The first kappa shape index (κ1) is 36.0. The van der Waals surface area contributed by atoms with E-state index in [-0.39, 0.29) is 10.9 Å². The Kier molecular flexibility index (Phi) is 7.00. The van der Waals surface area contributed by atoms with E-state index in [4.69, 9.17) is 18.9 Å². The van der Waals surface area contributed by atoms with Crippen LogP contribution >= 0.6 is 0 Å². The number of anilines is 2. The normalized spacial score (nSPS) is 16.8. The fourth-order valence-corrected chi connectivity index (χ4v) is 10.6. The Bertz CT molecular complexity index is 3340. The van der Waals surface area contributed by atoms with Gasteiger partial charge in [-0.15, -0.1) is 0 Å². The molecule has 0 aliphatic carbocycles. The molecule has 4 aliphatic rings. The van der Waals surface area contributed by atoms with Gasteiger partial charge in [-0.3, -0.25) is 9.59 Å². The van der Waals surface area contributed by atoms with Crippen LogP contribution in [0.25, 0.3) is 77.3 Å². The molecule has 2 bridgehead atoms. The summed E-state index contributed by atoms with van der Waals surface area (Å²) >= 11 is 0. The van der Waals surface area contributed by atoms with Crippen molar-refractivity contribution in [2.24, 2.45) is 14.1 Å². The van der Waals surface area contributed by atoms with Crippen molar-refractivity contribution in [3.8, 4) is 23.0 Å². The summed E-state index contributed by atoms with van der Waals surface area (Å²) in [5.41, 5.74) is 8.62. The van der Waals surface area contributed by atoms with Gasteiger partial charge in [0.2, 0.25) is 10.9 Å². The topological polar surface area (TPSA) is 87.4 Å². The molecule has 6 aromatic carbocycles. The molecule has 0 atom stereocenters. The van der Waals surface area contributed by atoms with Crippen molar-refractivity contribution in [1.82, 2.24) is 9.13 Å². The lowest BCUT2D eigenvalue weighted by molar-refractivity contribution is 0.158. The standard InChI is InChI=1S/C51H44N4O6/c1-50(2)15-13-28-40(60-50)21-42(58-7)44-46(28)52(5)38-17-26-9-11-36-34(30(26)19-32(38)48(44)56)23-54-25-55(36)24-35-31-20-33-39(18-27(31)10-12-37(35)54)53(6)47-29-14-16-51(3,4)61-41(29)22-43(59-8)45(47)49(33)57/h9-22H,23-25H2,1-8H3. The van der Waals surface area contributed by atoms with E-state index in [1.54, 1.807) is 14.2 Å². The van der Waals surface area contributed by atoms with Gasteiger partial charge in [0, 0.05) is 83.7 Å². The SMILES string of the molecule is COc1cc2c(c3c1c(=O)c1cc4c5c(ccc4cc1n3C)N1Cc3c(ccc4cc6c(cc34)c(=O)c3c(OC)cc4c(c3n6C)C=CC(C)(C)O4)N(C5)C1)C=CC(C)(C)O2. The third kappa shape index (κ3) is 4.84. The van der Waals surface area contributed by atoms with Gasteiger partial charge in [-0.25, -0.2) is 0 Å². The van der Waals surface area contributed by atoms with Crippen molar-refractivity contribution in [3.05, 3.63) is 116 Å². The molecule has 6 heterocycles. The second-order valence-corrected chi connectivity index (χ2v) is 18.1. The zero-order chi connectivity index (χ0) is 42.0. The van der Waals surface area contributed by atoms with Crippen molar-refractivity contribution < 1.29 is 18.9 Å². The van der Waals surface area contributed by atoms with Gasteiger partial charge < -0.3 is 37.9 Å². The van der Waals surface area contributed by atoms with Gasteiger partial charge in [0.1, 0.15) is 34.2 Å². The zero-order valence-electron chi connectivity index (χ0n) is 35.4. The van der Waals surface area contributed by atoms with Crippen molar-refractivity contribution >= 4 is 88.7 Å². The lowest BCUT2D eigenvalue weighted by Gasteiger charge is -2.45. The van der Waals surface area contributed by atoms with E-state index in [9.17, 15) is 9.59 Å². The fraction of sp³-hybridized carbons (Fsp3) is 0.255. The average molecular weight is 809 g/mol. The van der Waals surface area contributed by atoms with E-state index in [2.05, 4.69) is 79.6 Å². The maximum Gasteiger partial charge on any atom is 0.201 e. The summed E-state index contributed by atoms with van der Waals surface area (Å²) in [5.74, 6) is 2.40. The molecule has 10 nitrogen and oxygen atoms in total. The summed E-state index contributed by atoms with van der Waals surface area (Å²) in [5, 5.41) is 6.64. The van der Waals surface area contributed by atoms with E-state index < -0.39 is 11.2 Å². The van der Waals surface area contributed by atoms with Crippen LogP contribution in [-0.4, -0.2) is 41.2 Å². The van der Waals surface area contributed by atoms with E-state index in [0.29, 0.717) is 57.6 Å². The van der Waals surface area contributed by atoms with Crippen LogP contribution < -0.4 is 39.6 Å². The molecule has 61 heavy (non-hydrogen) atoms. The molecule has 10 heteroatoms. The van der Waals surface area contributed by atoms with Gasteiger partial charge in [0.25, 0.3) is 0 Å². The van der Waals surface area contributed by atoms with E-state index >= 15 is 0 Å². The van der Waals surface area contributed by atoms with Crippen LogP contribution in [0.5, 0.6) is 23.0 Å². The van der Waals surface area contributed by atoms with Crippen molar-refractivity contribution in [1.29, 1.82) is 0 Å². The van der Waals surface area contributed by atoms with Crippen LogP contribution in [0.4, 0.5) is 11.4 Å². The van der Waals surface area contributed by atoms with Crippen LogP contribution in [0, 0.1) is 0 Å². The number of ether oxygens (including phenoxy) is 4. The summed E-state index contributed by atoms with van der Waals surface area (Å²) in [6.07, 6.45) is 8.20. The number of pyridine rings is 2. The Morgan fingerprint density at radius 3 is 1.41 bits per heavy atom. The third-order valence-electron chi connectivity index (χ3n) is 13.5. The van der Waals surface area contributed by atoms with Crippen LogP contribution in [-0.2, 0) is 27.2 Å². The van der Waals surface area contributed by atoms with E-state index in [1.165, 1.54) is 11.1 Å². The lowest BCUT2D eigenvalue weighted by atomic mass is 9.92. The molecule has 0 saturated carbocycles.